The Morgan fingerprint density at radius 3 is 2.38 bits per heavy atom. The molecule has 0 aromatic heterocycles. The van der Waals surface area contributed by atoms with Gasteiger partial charge in [-0.25, -0.2) is 4.79 Å². The maximum Gasteiger partial charge on any atom is 0.508 e. The van der Waals surface area contributed by atoms with Crippen LogP contribution < -0.4 is 0 Å². The van der Waals surface area contributed by atoms with Crippen molar-refractivity contribution in [3.8, 4) is 5.75 Å². The monoisotopic (exact) mass is 512 g/mol. The number of aromatic hydroxyl groups is 1. The van der Waals surface area contributed by atoms with Crippen LogP contribution >= 0.6 is 0 Å². The second-order valence-corrected chi connectivity index (χ2v) is 12.6. The first-order chi connectivity index (χ1) is 18.0. The number of hydrogen-bond acceptors (Lipinski definition) is 4. The van der Waals surface area contributed by atoms with Gasteiger partial charge < -0.3 is 14.6 Å². The Hall–Kier alpha value is -1.71. The van der Waals surface area contributed by atoms with Crippen LogP contribution in [0.3, 0.4) is 0 Å². The maximum atomic E-state index is 12.6. The summed E-state index contributed by atoms with van der Waals surface area (Å²) >= 11 is 0. The van der Waals surface area contributed by atoms with Gasteiger partial charge in [-0.1, -0.05) is 91.0 Å². The Labute approximate surface area is 225 Å². The predicted molar refractivity (Wildman–Crippen MR) is 150 cm³/mol. The van der Waals surface area contributed by atoms with E-state index < -0.39 is 6.16 Å². The van der Waals surface area contributed by atoms with E-state index in [0.717, 1.165) is 51.4 Å². The molecule has 0 radical (unpaired) electrons. The molecular formula is C33H52O4. The van der Waals surface area contributed by atoms with Crippen LogP contribution in [0.2, 0.25) is 0 Å². The molecule has 3 aliphatic rings. The molecule has 1 aromatic rings. The highest BCUT2D eigenvalue weighted by atomic mass is 16.7. The third-order valence-electron chi connectivity index (χ3n) is 10.3. The van der Waals surface area contributed by atoms with Crippen molar-refractivity contribution < 1.29 is 19.4 Å². The largest absolute Gasteiger partial charge is 0.508 e. The fraction of sp³-hybridized carbons (Fsp3) is 0.788. The number of fused-ring (bicyclic) bond motifs is 5. The van der Waals surface area contributed by atoms with E-state index in [0.29, 0.717) is 36.0 Å². The van der Waals surface area contributed by atoms with Crippen molar-refractivity contribution in [2.75, 3.05) is 6.61 Å². The van der Waals surface area contributed by atoms with Gasteiger partial charge >= 0.3 is 6.16 Å². The number of carbonyl (C=O) groups is 1. The molecule has 0 heterocycles. The number of rotatable bonds is 13. The van der Waals surface area contributed by atoms with Gasteiger partial charge in [-0.15, -0.1) is 0 Å². The van der Waals surface area contributed by atoms with Crippen LogP contribution in [0.5, 0.6) is 5.75 Å². The lowest BCUT2D eigenvalue weighted by Gasteiger charge is -2.53. The molecule has 0 amide bonds. The van der Waals surface area contributed by atoms with Gasteiger partial charge in [0.15, 0.2) is 0 Å². The van der Waals surface area contributed by atoms with Crippen LogP contribution in [0.1, 0.15) is 134 Å². The minimum Gasteiger partial charge on any atom is -0.508 e. The first-order valence-corrected chi connectivity index (χ1v) is 15.6. The van der Waals surface area contributed by atoms with Crippen LogP contribution in [0.4, 0.5) is 4.79 Å². The van der Waals surface area contributed by atoms with Crippen LogP contribution in [0, 0.1) is 23.2 Å². The summed E-state index contributed by atoms with van der Waals surface area (Å²) in [4.78, 5) is 12.6. The fourth-order valence-electron chi connectivity index (χ4n) is 8.22. The number of unbranched alkanes of at least 4 members (excludes halogenated alkanes) is 9. The Balaban J connectivity index is 1.22. The molecule has 2 saturated carbocycles. The van der Waals surface area contributed by atoms with E-state index in [4.69, 9.17) is 9.47 Å². The van der Waals surface area contributed by atoms with E-state index >= 15 is 0 Å². The van der Waals surface area contributed by atoms with Crippen molar-refractivity contribution in [1.82, 2.24) is 0 Å². The van der Waals surface area contributed by atoms with Crippen molar-refractivity contribution >= 4 is 6.16 Å². The van der Waals surface area contributed by atoms with Gasteiger partial charge in [0.25, 0.3) is 0 Å². The molecule has 4 rings (SSSR count). The molecule has 2 fully saturated rings. The standard InChI is InChI=1S/C33H52O4/c1-4-6-7-8-9-10-11-12-13-14-21-36-32(35)37-30-18-17-29-31-24(5-2)22-25-23-26(34)15-16-27(25)28(31)19-20-33(29,30)3/h15-16,23-24,28-31,34H,4-14,17-22H2,1-3H3/t24-,28?,29?,30-,31?,33-/m0/s1. The molecule has 4 heteroatoms. The zero-order valence-corrected chi connectivity index (χ0v) is 23.8. The number of hydrogen-bond donors (Lipinski definition) is 1. The molecule has 4 nitrogen and oxygen atoms in total. The second-order valence-electron chi connectivity index (χ2n) is 12.6. The van der Waals surface area contributed by atoms with E-state index in [1.54, 1.807) is 0 Å². The fourth-order valence-corrected chi connectivity index (χ4v) is 8.22. The number of phenolic OH excluding ortho intramolecular Hbond substituents is 1. The summed E-state index contributed by atoms with van der Waals surface area (Å²) in [5.41, 5.74) is 2.84. The third-order valence-corrected chi connectivity index (χ3v) is 10.3. The first-order valence-electron chi connectivity index (χ1n) is 15.6. The van der Waals surface area contributed by atoms with Crippen molar-refractivity contribution in [3.63, 3.8) is 0 Å². The van der Waals surface area contributed by atoms with E-state index in [-0.39, 0.29) is 11.5 Å². The molecule has 0 aliphatic heterocycles. The topological polar surface area (TPSA) is 55.8 Å². The second kappa shape index (κ2) is 13.4. The summed E-state index contributed by atoms with van der Waals surface area (Å²) in [5, 5.41) is 10.1. The minimum absolute atomic E-state index is 0.0302. The zero-order valence-electron chi connectivity index (χ0n) is 23.8. The van der Waals surface area contributed by atoms with Crippen molar-refractivity contribution in [3.05, 3.63) is 29.3 Å². The predicted octanol–water partition coefficient (Wildman–Crippen LogP) is 9.33. The van der Waals surface area contributed by atoms with Crippen molar-refractivity contribution in [2.24, 2.45) is 23.2 Å². The molecule has 6 atom stereocenters. The molecule has 1 N–H and O–H groups in total. The van der Waals surface area contributed by atoms with Gasteiger partial charge in [0, 0.05) is 5.41 Å². The average molecular weight is 513 g/mol. The van der Waals surface area contributed by atoms with E-state index in [2.05, 4.69) is 26.8 Å². The van der Waals surface area contributed by atoms with E-state index in [9.17, 15) is 9.90 Å². The van der Waals surface area contributed by atoms with Gasteiger partial charge in [-0.05, 0) is 85.5 Å². The lowest BCUT2D eigenvalue weighted by molar-refractivity contribution is -0.0635. The summed E-state index contributed by atoms with van der Waals surface area (Å²) in [6.07, 6.45) is 18.8. The Kier molecular flexibility index (Phi) is 10.2. The summed E-state index contributed by atoms with van der Waals surface area (Å²) < 4.78 is 11.5. The van der Waals surface area contributed by atoms with Crippen LogP contribution in [0.15, 0.2) is 18.2 Å². The van der Waals surface area contributed by atoms with Crippen LogP contribution in [0.25, 0.3) is 0 Å². The average Bonchev–Trinajstić information content (AvgIpc) is 3.22. The molecule has 3 aliphatic carbocycles. The zero-order chi connectivity index (χ0) is 26.3. The van der Waals surface area contributed by atoms with Gasteiger partial charge in [0.05, 0.1) is 6.61 Å². The first kappa shape index (κ1) is 28.3. The molecular weight excluding hydrogens is 460 g/mol. The lowest BCUT2D eigenvalue weighted by atomic mass is 9.52. The van der Waals surface area contributed by atoms with E-state index in [1.807, 2.05) is 12.1 Å². The molecule has 3 unspecified atom stereocenters. The van der Waals surface area contributed by atoms with Crippen molar-refractivity contribution in [1.29, 1.82) is 0 Å². The number of benzene rings is 1. The Morgan fingerprint density at radius 1 is 0.973 bits per heavy atom. The molecule has 208 valence electrons. The summed E-state index contributed by atoms with van der Waals surface area (Å²) in [7, 11) is 0. The summed E-state index contributed by atoms with van der Waals surface area (Å²) in [6.45, 7) is 7.43. The van der Waals surface area contributed by atoms with Crippen molar-refractivity contribution in [2.45, 2.75) is 136 Å². The number of phenols is 1. The van der Waals surface area contributed by atoms with Crippen LogP contribution in [-0.4, -0.2) is 24.0 Å². The SMILES string of the molecule is CCCCCCCCCCCCOC(=O)O[C@H]1CCC2C3C(CC[C@@]21C)c1ccc(O)cc1C[C@@H]3CC. The summed E-state index contributed by atoms with van der Waals surface area (Å²) in [5.74, 6) is 2.80. The highest BCUT2D eigenvalue weighted by Crippen LogP contribution is 2.63. The highest BCUT2D eigenvalue weighted by molar-refractivity contribution is 5.60. The quantitative estimate of drug-likeness (QED) is 0.211. The van der Waals surface area contributed by atoms with Gasteiger partial charge in [0.1, 0.15) is 11.9 Å². The van der Waals surface area contributed by atoms with Crippen LogP contribution in [-0.2, 0) is 15.9 Å². The van der Waals surface area contributed by atoms with Gasteiger partial charge in [-0.3, -0.25) is 0 Å². The van der Waals surface area contributed by atoms with E-state index in [1.165, 1.54) is 62.5 Å². The molecule has 0 bridgehead atoms. The Bertz CT molecular complexity index is 866. The third kappa shape index (κ3) is 6.66. The van der Waals surface area contributed by atoms with Gasteiger partial charge in [0.2, 0.25) is 0 Å². The molecule has 37 heavy (non-hydrogen) atoms. The molecule has 1 aromatic carbocycles. The number of carbonyl (C=O) groups excluding carboxylic acids is 1. The maximum absolute atomic E-state index is 12.6. The minimum atomic E-state index is -0.457. The summed E-state index contributed by atoms with van der Waals surface area (Å²) in [6, 6.07) is 6.03. The molecule has 0 spiro atoms. The normalized spacial score (nSPS) is 30.3. The Morgan fingerprint density at radius 2 is 1.68 bits per heavy atom. The lowest BCUT2D eigenvalue weighted by Crippen LogP contribution is -2.48. The highest BCUT2D eigenvalue weighted by Gasteiger charge is 2.58. The smallest absolute Gasteiger partial charge is 0.508 e. The number of ether oxygens (including phenoxy) is 2. The van der Waals surface area contributed by atoms with Gasteiger partial charge in [-0.2, -0.15) is 0 Å². The molecule has 0 saturated heterocycles.